The molecule has 414 valence electrons. The molecule has 1 amide bonds. The van der Waals surface area contributed by atoms with Gasteiger partial charge in [0.05, 0.1) is 30.4 Å². The van der Waals surface area contributed by atoms with Crippen molar-refractivity contribution in [2.75, 3.05) is 32.8 Å². The molecule has 0 bridgehead atoms. The first-order valence-corrected chi connectivity index (χ1v) is 26.3. The molecule has 0 aromatic heterocycles. The Labute approximate surface area is 436 Å². The number of esters is 3. The summed E-state index contributed by atoms with van der Waals surface area (Å²) in [7, 11) is 0. The van der Waals surface area contributed by atoms with Crippen LogP contribution in [0.4, 0.5) is 0 Å². The number of ether oxygens (including phenoxy) is 3. The second kappa shape index (κ2) is 53.9. The fourth-order valence-electron chi connectivity index (χ4n) is 7.61. The number of carboxylic acids is 3. The van der Waals surface area contributed by atoms with E-state index in [-0.39, 0.29) is 92.4 Å². The van der Waals surface area contributed by atoms with Gasteiger partial charge in [-0.25, -0.2) is 0 Å². The second-order valence-corrected chi connectivity index (χ2v) is 18.0. The van der Waals surface area contributed by atoms with Crippen molar-refractivity contribution in [3.8, 4) is 0 Å². The monoisotopic (exact) mass is 1060 g/mol. The maximum Gasteiger partial charge on any atom is 3.00 e. The Kier molecular flexibility index (Phi) is 56.0. The Hall–Kier alpha value is -3.84. The molecule has 71 heavy (non-hydrogen) atoms. The van der Waals surface area contributed by atoms with Crippen LogP contribution >= 0.6 is 0 Å². The Morgan fingerprint density at radius 2 is 0.859 bits per heavy atom. The van der Waals surface area contributed by atoms with Gasteiger partial charge in [-0.2, -0.15) is 0 Å². The summed E-state index contributed by atoms with van der Waals surface area (Å²) in [5.41, 5.74) is 0. The number of carbonyl (C=O) groups excluding carboxylic acids is 7. The first-order valence-electron chi connectivity index (χ1n) is 26.3. The van der Waals surface area contributed by atoms with Gasteiger partial charge in [0.2, 0.25) is 5.91 Å². The van der Waals surface area contributed by atoms with Crippen LogP contribution in [0.2, 0.25) is 0 Å². The fourth-order valence-corrected chi connectivity index (χ4v) is 7.61. The van der Waals surface area contributed by atoms with Gasteiger partial charge in [-0.15, -0.1) is 0 Å². The maximum atomic E-state index is 12.8. The molecule has 0 radical (unpaired) electrons. The van der Waals surface area contributed by atoms with E-state index in [4.69, 9.17) is 14.2 Å². The molecule has 1 unspecified atom stereocenters. The van der Waals surface area contributed by atoms with Gasteiger partial charge < -0.3 is 60.2 Å². The zero-order chi connectivity index (χ0) is 50.3. The summed E-state index contributed by atoms with van der Waals surface area (Å²) in [5.74, 6) is -7.09. The molecule has 0 saturated carbocycles. The quantitative estimate of drug-likeness (QED) is 0.0269. The van der Waals surface area contributed by atoms with E-state index < -0.39 is 67.0 Å². The van der Waals surface area contributed by atoms with Crippen LogP contribution in [0.15, 0.2) is 24.3 Å². The molecule has 0 fully saturated rings. The van der Waals surface area contributed by atoms with Crippen LogP contribution in [0.3, 0.4) is 0 Å². The molecule has 0 aromatic rings. The van der Waals surface area contributed by atoms with Crippen LogP contribution in [0.1, 0.15) is 226 Å². The molecule has 0 heterocycles. The van der Waals surface area contributed by atoms with Crippen molar-refractivity contribution in [3.05, 3.63) is 24.3 Å². The van der Waals surface area contributed by atoms with Gasteiger partial charge in [0.25, 0.3) is 0 Å². The van der Waals surface area contributed by atoms with Gasteiger partial charge >= 0.3 is 34.7 Å². The third-order valence-corrected chi connectivity index (χ3v) is 11.6. The summed E-state index contributed by atoms with van der Waals surface area (Å²) in [6.45, 7) is 2.06. The number of unbranched alkanes of at least 4 members (excludes halogenated alkanes) is 23. The number of amides is 1. The third-order valence-electron chi connectivity index (χ3n) is 11.6. The molecule has 0 spiro atoms. The number of carboxylic acid groups (broad SMARTS) is 3. The molecule has 0 aliphatic carbocycles. The van der Waals surface area contributed by atoms with E-state index >= 15 is 0 Å². The second-order valence-electron chi connectivity index (χ2n) is 18.0. The SMILES string of the molecule is CCCCCCCC/C=C\CCCCCCCC(=O)OC[C@H](COC(=O)CCC(=O)NCCCCC(C(=O)[O-])N(CC(=O)[O-])CC(=O)[O-])OC(=O)CCCCCCC/C=C\CCCCCCCC.[Co+3].[OH3+].[OH3+]. The maximum absolute atomic E-state index is 12.8. The average molecular weight is 1060 g/mol. The number of hydrogen-bond acceptors (Lipinski definition) is 14. The van der Waals surface area contributed by atoms with E-state index in [9.17, 15) is 48.9 Å². The van der Waals surface area contributed by atoms with Crippen molar-refractivity contribution in [2.24, 2.45) is 0 Å². The van der Waals surface area contributed by atoms with E-state index in [2.05, 4.69) is 43.5 Å². The average Bonchev–Trinajstić information content (AvgIpc) is 3.29. The summed E-state index contributed by atoms with van der Waals surface area (Å²) >= 11 is 0. The van der Waals surface area contributed by atoms with E-state index in [1.54, 1.807) is 0 Å². The van der Waals surface area contributed by atoms with Crippen LogP contribution in [-0.2, 0) is 75.5 Å². The van der Waals surface area contributed by atoms with Gasteiger partial charge in [-0.3, -0.25) is 24.1 Å². The molecule has 7 N–H and O–H groups in total. The molecule has 0 aliphatic rings. The predicted molar refractivity (Wildman–Crippen MR) is 267 cm³/mol. The van der Waals surface area contributed by atoms with E-state index in [1.807, 2.05) is 0 Å². The number of allylic oxidation sites excluding steroid dienone is 4. The topological polar surface area (TPSA) is 298 Å². The fraction of sp³-hybridized carbons (Fsp3) is 0.792. The zero-order valence-corrected chi connectivity index (χ0v) is 44.6. The summed E-state index contributed by atoms with van der Waals surface area (Å²) < 4.78 is 16.4. The normalized spacial score (nSPS) is 11.8. The van der Waals surface area contributed by atoms with Crippen LogP contribution in [-0.4, -0.2) is 91.6 Å². The molecule has 17 nitrogen and oxygen atoms in total. The summed E-state index contributed by atoms with van der Waals surface area (Å²) in [6.07, 6.45) is 37.9. The number of aliphatic carboxylic acids is 3. The number of carbonyl (C=O) groups is 7. The summed E-state index contributed by atoms with van der Waals surface area (Å²) in [4.78, 5) is 84.6. The Morgan fingerprint density at radius 3 is 1.27 bits per heavy atom. The molecule has 2 atom stereocenters. The van der Waals surface area contributed by atoms with Crippen molar-refractivity contribution in [3.63, 3.8) is 0 Å². The Bertz CT molecular complexity index is 1400. The van der Waals surface area contributed by atoms with Gasteiger partial charge in [0.1, 0.15) is 13.2 Å². The van der Waals surface area contributed by atoms with Crippen molar-refractivity contribution < 1.29 is 90.8 Å². The van der Waals surface area contributed by atoms with E-state index in [0.717, 1.165) is 77.0 Å². The molecule has 0 aliphatic heterocycles. The van der Waals surface area contributed by atoms with Crippen LogP contribution in [0, 0.1) is 0 Å². The minimum atomic E-state index is -1.66. The van der Waals surface area contributed by atoms with Gasteiger partial charge in [0, 0.05) is 38.9 Å². The molecule has 0 rings (SSSR count). The summed E-state index contributed by atoms with van der Waals surface area (Å²) in [6, 6.07) is -1.52. The predicted octanol–water partition coefficient (Wildman–Crippen LogP) is 5.20. The Balaban J connectivity index is -0.00000748. The number of nitrogens with one attached hydrogen (secondary N) is 1. The molecular formula is C53H95CoN2O15+2. The zero-order valence-electron chi connectivity index (χ0n) is 43.6. The Morgan fingerprint density at radius 1 is 0.479 bits per heavy atom. The van der Waals surface area contributed by atoms with Gasteiger partial charge in [-0.1, -0.05) is 141 Å². The minimum Gasteiger partial charge on any atom is -0.549 e. The smallest absolute Gasteiger partial charge is 0.549 e. The van der Waals surface area contributed by atoms with Gasteiger partial charge in [-0.05, 0) is 83.5 Å². The van der Waals surface area contributed by atoms with Crippen LogP contribution in [0.25, 0.3) is 0 Å². The van der Waals surface area contributed by atoms with E-state index in [1.165, 1.54) is 77.0 Å². The largest absolute Gasteiger partial charge is 3.00 e. The molecule has 0 saturated heterocycles. The van der Waals surface area contributed by atoms with Crippen molar-refractivity contribution in [2.45, 2.75) is 238 Å². The van der Waals surface area contributed by atoms with Crippen molar-refractivity contribution in [1.29, 1.82) is 0 Å². The first-order chi connectivity index (χ1) is 32.9. The van der Waals surface area contributed by atoms with Crippen molar-refractivity contribution in [1.82, 2.24) is 10.2 Å². The standard InChI is InChI=1S/C53H92N2O13.Co.2H2O/c1-3-5-7-9-11-13-15-17-19-21-23-25-27-29-31-36-50(61)66-43-45(68-52(63)37-32-30-28-26-24-22-20-18-16-14-12-10-8-6-4-2)44-67-51(62)39-38-47(56)54-40-34-33-35-46(53(64)65)55(41-48(57)58)42-49(59)60;;;/h17-20,45-46H,3-16,21-44H2,1-2H3,(H,54,56)(H,57,58)(H,59,60)(H,64,65);;2*1H2/q;+3;;/p-1/b19-17-,20-18-;;;/t45-,46?;;;/m1.../s1. The molecule has 0 aromatic carbocycles. The van der Waals surface area contributed by atoms with Crippen LogP contribution in [0.5, 0.6) is 0 Å². The number of rotatable bonds is 49. The molecule has 18 heteroatoms. The number of nitrogens with zero attached hydrogens (tertiary/aromatic N) is 1. The molecular weight excluding hydrogens is 964 g/mol. The minimum absolute atomic E-state index is 0. The number of hydrogen-bond donors (Lipinski definition) is 1. The summed E-state index contributed by atoms with van der Waals surface area (Å²) in [5, 5.41) is 36.1. The van der Waals surface area contributed by atoms with Gasteiger partial charge in [0.15, 0.2) is 6.10 Å². The van der Waals surface area contributed by atoms with Crippen molar-refractivity contribution >= 4 is 41.7 Å². The van der Waals surface area contributed by atoms with E-state index in [0.29, 0.717) is 17.7 Å². The van der Waals surface area contributed by atoms with Crippen LogP contribution < -0.4 is 20.6 Å². The third kappa shape index (κ3) is 50.9. The first kappa shape index (κ1) is 73.7.